The fourth-order valence-corrected chi connectivity index (χ4v) is 2.68. The Bertz CT molecular complexity index is 138. The minimum atomic E-state index is 0.772. The third-order valence-electron chi connectivity index (χ3n) is 3.84. The monoisotopic (exact) mass is 241 g/mol. The van der Waals surface area contributed by atoms with Crippen molar-refractivity contribution in [2.45, 2.75) is 91.5 Å². The van der Waals surface area contributed by atoms with Gasteiger partial charge in [-0.3, -0.25) is 0 Å². The van der Waals surface area contributed by atoms with Gasteiger partial charge in [0.05, 0.1) is 0 Å². The molecule has 0 heterocycles. The van der Waals surface area contributed by atoms with Crippen LogP contribution in [0.2, 0.25) is 0 Å². The van der Waals surface area contributed by atoms with E-state index < -0.39 is 0 Å². The van der Waals surface area contributed by atoms with Crippen LogP contribution in [0.15, 0.2) is 0 Å². The van der Waals surface area contributed by atoms with Crippen molar-refractivity contribution in [2.75, 3.05) is 6.54 Å². The van der Waals surface area contributed by atoms with Gasteiger partial charge in [0.25, 0.3) is 0 Å². The quantitative estimate of drug-likeness (QED) is 0.498. The Kier molecular flexibility index (Phi) is 12.4. The minimum Gasteiger partial charge on any atom is -0.314 e. The van der Waals surface area contributed by atoms with Crippen LogP contribution in [0.25, 0.3) is 0 Å². The van der Waals surface area contributed by atoms with Gasteiger partial charge < -0.3 is 5.32 Å². The third-order valence-corrected chi connectivity index (χ3v) is 3.84. The second-order valence-electron chi connectivity index (χ2n) is 5.39. The van der Waals surface area contributed by atoms with E-state index in [1.807, 2.05) is 0 Å². The first-order valence-corrected chi connectivity index (χ1v) is 8.01. The molecule has 2 unspecified atom stereocenters. The van der Waals surface area contributed by atoms with Crippen molar-refractivity contribution in [3.8, 4) is 0 Å². The second-order valence-corrected chi connectivity index (χ2v) is 5.39. The van der Waals surface area contributed by atoms with E-state index in [9.17, 15) is 0 Å². The molecule has 17 heavy (non-hydrogen) atoms. The van der Waals surface area contributed by atoms with Crippen molar-refractivity contribution in [2.24, 2.45) is 5.92 Å². The molecular weight excluding hydrogens is 206 g/mol. The standard InChI is InChI=1S/C16H35N/c1-5-9-12-15(7-3)13-10-14-16(11-6-2)17-8-4/h15-17H,5-14H2,1-4H3. The first-order valence-electron chi connectivity index (χ1n) is 8.01. The first kappa shape index (κ1) is 17.0. The molecule has 0 bridgehead atoms. The average Bonchev–Trinajstić information content (AvgIpc) is 2.34. The van der Waals surface area contributed by atoms with E-state index >= 15 is 0 Å². The Morgan fingerprint density at radius 2 is 1.47 bits per heavy atom. The van der Waals surface area contributed by atoms with Gasteiger partial charge in [0.1, 0.15) is 0 Å². The smallest absolute Gasteiger partial charge is 0.00668 e. The van der Waals surface area contributed by atoms with Gasteiger partial charge in [0.15, 0.2) is 0 Å². The summed E-state index contributed by atoms with van der Waals surface area (Å²) in [6, 6.07) is 0.772. The molecule has 104 valence electrons. The zero-order valence-electron chi connectivity index (χ0n) is 12.7. The maximum Gasteiger partial charge on any atom is 0.00668 e. The van der Waals surface area contributed by atoms with Crippen LogP contribution in [0.5, 0.6) is 0 Å². The van der Waals surface area contributed by atoms with Crippen LogP contribution in [-0.4, -0.2) is 12.6 Å². The van der Waals surface area contributed by atoms with E-state index in [1.54, 1.807) is 0 Å². The third kappa shape index (κ3) is 9.64. The number of unbranched alkanes of at least 4 members (excludes halogenated alkanes) is 1. The molecule has 0 aliphatic carbocycles. The molecule has 0 rings (SSSR count). The number of nitrogens with one attached hydrogen (secondary N) is 1. The predicted octanol–water partition coefficient (Wildman–Crippen LogP) is 5.15. The van der Waals surface area contributed by atoms with E-state index in [0.717, 1.165) is 18.5 Å². The fraction of sp³-hybridized carbons (Fsp3) is 1.00. The molecule has 0 aromatic carbocycles. The molecule has 0 aromatic heterocycles. The summed E-state index contributed by atoms with van der Waals surface area (Å²) in [6.07, 6.45) is 12.5. The predicted molar refractivity (Wildman–Crippen MR) is 79.5 cm³/mol. The van der Waals surface area contributed by atoms with E-state index in [4.69, 9.17) is 0 Å². The molecule has 0 amide bonds. The molecule has 1 heteroatoms. The van der Waals surface area contributed by atoms with Crippen LogP contribution < -0.4 is 5.32 Å². The summed E-state index contributed by atoms with van der Waals surface area (Å²) in [5.74, 6) is 0.985. The average molecular weight is 241 g/mol. The Hall–Kier alpha value is -0.0400. The van der Waals surface area contributed by atoms with E-state index in [1.165, 1.54) is 57.8 Å². The summed E-state index contributed by atoms with van der Waals surface area (Å²) in [5, 5.41) is 3.62. The molecule has 0 aliphatic rings. The van der Waals surface area contributed by atoms with Gasteiger partial charge in [-0.2, -0.15) is 0 Å². The van der Waals surface area contributed by atoms with Crippen molar-refractivity contribution < 1.29 is 0 Å². The minimum absolute atomic E-state index is 0.772. The summed E-state index contributed by atoms with van der Waals surface area (Å²) in [6.45, 7) is 10.3. The van der Waals surface area contributed by atoms with E-state index in [2.05, 4.69) is 33.0 Å². The lowest BCUT2D eigenvalue weighted by Crippen LogP contribution is -2.28. The molecule has 0 aliphatic heterocycles. The highest BCUT2D eigenvalue weighted by Gasteiger charge is 2.09. The van der Waals surface area contributed by atoms with E-state index in [0.29, 0.717) is 0 Å². The number of hydrogen-bond donors (Lipinski definition) is 1. The molecule has 1 N–H and O–H groups in total. The molecule has 0 saturated heterocycles. The highest BCUT2D eigenvalue weighted by molar-refractivity contribution is 4.67. The van der Waals surface area contributed by atoms with Gasteiger partial charge in [-0.05, 0) is 25.3 Å². The molecule has 2 atom stereocenters. The van der Waals surface area contributed by atoms with Crippen molar-refractivity contribution in [1.82, 2.24) is 5.32 Å². The topological polar surface area (TPSA) is 12.0 Å². The highest BCUT2D eigenvalue weighted by Crippen LogP contribution is 2.20. The van der Waals surface area contributed by atoms with Gasteiger partial charge in [0, 0.05) is 6.04 Å². The summed E-state index contributed by atoms with van der Waals surface area (Å²) < 4.78 is 0. The molecular formula is C16H35N. The molecule has 0 aromatic rings. The number of hydrogen-bond acceptors (Lipinski definition) is 1. The number of rotatable bonds is 12. The van der Waals surface area contributed by atoms with Crippen molar-refractivity contribution in [1.29, 1.82) is 0 Å². The van der Waals surface area contributed by atoms with Crippen LogP contribution >= 0.6 is 0 Å². The summed E-state index contributed by atoms with van der Waals surface area (Å²) in [4.78, 5) is 0. The van der Waals surface area contributed by atoms with Crippen LogP contribution in [0, 0.1) is 5.92 Å². The molecule has 0 radical (unpaired) electrons. The molecule has 0 saturated carbocycles. The van der Waals surface area contributed by atoms with Crippen LogP contribution in [0.3, 0.4) is 0 Å². The Morgan fingerprint density at radius 1 is 0.765 bits per heavy atom. The highest BCUT2D eigenvalue weighted by atomic mass is 14.9. The Morgan fingerprint density at radius 3 is 2.00 bits per heavy atom. The largest absolute Gasteiger partial charge is 0.314 e. The summed E-state index contributed by atoms with van der Waals surface area (Å²) in [7, 11) is 0. The summed E-state index contributed by atoms with van der Waals surface area (Å²) in [5.41, 5.74) is 0. The van der Waals surface area contributed by atoms with Crippen molar-refractivity contribution >= 4 is 0 Å². The fourth-order valence-electron chi connectivity index (χ4n) is 2.68. The lowest BCUT2D eigenvalue weighted by atomic mass is 9.92. The maximum absolute atomic E-state index is 3.62. The lowest BCUT2D eigenvalue weighted by Gasteiger charge is -2.19. The van der Waals surface area contributed by atoms with Crippen LogP contribution in [-0.2, 0) is 0 Å². The molecule has 1 nitrogen and oxygen atoms in total. The first-order chi connectivity index (χ1) is 8.28. The molecule has 0 fully saturated rings. The Labute approximate surface area is 110 Å². The normalized spacial score (nSPS) is 14.8. The summed E-state index contributed by atoms with van der Waals surface area (Å²) >= 11 is 0. The van der Waals surface area contributed by atoms with Gasteiger partial charge >= 0.3 is 0 Å². The Balaban J connectivity index is 3.67. The zero-order valence-corrected chi connectivity index (χ0v) is 12.7. The van der Waals surface area contributed by atoms with E-state index in [-0.39, 0.29) is 0 Å². The lowest BCUT2D eigenvalue weighted by molar-refractivity contribution is 0.373. The maximum atomic E-state index is 3.62. The van der Waals surface area contributed by atoms with Gasteiger partial charge in [-0.1, -0.05) is 72.6 Å². The van der Waals surface area contributed by atoms with Crippen LogP contribution in [0.4, 0.5) is 0 Å². The van der Waals surface area contributed by atoms with Crippen LogP contribution in [0.1, 0.15) is 85.5 Å². The second kappa shape index (κ2) is 12.4. The zero-order chi connectivity index (χ0) is 12.9. The SMILES string of the molecule is CCCCC(CC)CCCC(CCC)NCC. The van der Waals surface area contributed by atoms with Gasteiger partial charge in [0.2, 0.25) is 0 Å². The van der Waals surface area contributed by atoms with Crippen molar-refractivity contribution in [3.05, 3.63) is 0 Å². The molecule has 0 spiro atoms. The van der Waals surface area contributed by atoms with Gasteiger partial charge in [-0.15, -0.1) is 0 Å². The van der Waals surface area contributed by atoms with Gasteiger partial charge in [-0.25, -0.2) is 0 Å². The van der Waals surface area contributed by atoms with Crippen molar-refractivity contribution in [3.63, 3.8) is 0 Å².